The van der Waals surface area contributed by atoms with Crippen molar-refractivity contribution in [1.29, 1.82) is 0 Å². The van der Waals surface area contributed by atoms with Crippen LogP contribution in [0.3, 0.4) is 0 Å². The number of carbonyl (C=O) groups excluding carboxylic acids is 2. The van der Waals surface area contributed by atoms with Gasteiger partial charge in [-0.25, -0.2) is 9.59 Å². The van der Waals surface area contributed by atoms with Crippen molar-refractivity contribution >= 4 is 18.0 Å². The number of hydrogen-bond donors (Lipinski definition) is 0. The summed E-state index contributed by atoms with van der Waals surface area (Å²) >= 11 is 0. The van der Waals surface area contributed by atoms with E-state index in [0.717, 1.165) is 12.0 Å². The average molecular weight is 318 g/mol. The molecule has 0 aromatic heterocycles. The quantitative estimate of drug-likeness (QED) is 0.473. The Labute approximate surface area is 134 Å². The standard InChI is InChI=1S/C17H18O6/c1-17(2)22-14(18)13(15(19)23-17)10-11-4-6-12(7-5-11)16-20-8-3-9-21-16/h4-7,10,16H,3,8-9H2,1-2H3. The lowest BCUT2D eigenvalue weighted by Gasteiger charge is -2.29. The van der Waals surface area contributed by atoms with Gasteiger partial charge in [-0.2, -0.15) is 0 Å². The van der Waals surface area contributed by atoms with E-state index in [2.05, 4.69) is 0 Å². The van der Waals surface area contributed by atoms with Crippen molar-refractivity contribution in [3.8, 4) is 0 Å². The Bertz CT molecular complexity index is 616. The third-order valence-corrected chi connectivity index (χ3v) is 3.46. The molecule has 1 aromatic carbocycles. The third kappa shape index (κ3) is 3.60. The molecule has 0 aliphatic carbocycles. The molecule has 3 rings (SSSR count). The first-order valence-electron chi connectivity index (χ1n) is 7.46. The van der Waals surface area contributed by atoms with Crippen LogP contribution in [0.4, 0.5) is 0 Å². The molecule has 2 saturated heterocycles. The maximum atomic E-state index is 11.9. The van der Waals surface area contributed by atoms with Gasteiger partial charge in [0.1, 0.15) is 5.57 Å². The van der Waals surface area contributed by atoms with Crippen molar-refractivity contribution in [2.75, 3.05) is 13.2 Å². The summed E-state index contributed by atoms with van der Waals surface area (Å²) in [6, 6.07) is 7.24. The lowest BCUT2D eigenvalue weighted by Crippen LogP contribution is -2.41. The number of hydrogen-bond acceptors (Lipinski definition) is 6. The van der Waals surface area contributed by atoms with Crippen LogP contribution in [0.15, 0.2) is 29.8 Å². The van der Waals surface area contributed by atoms with Gasteiger partial charge in [-0.3, -0.25) is 0 Å². The second kappa shape index (κ2) is 6.14. The summed E-state index contributed by atoms with van der Waals surface area (Å²) in [5.74, 6) is -2.60. The third-order valence-electron chi connectivity index (χ3n) is 3.46. The molecule has 2 aliphatic heterocycles. The summed E-state index contributed by atoms with van der Waals surface area (Å²) in [4.78, 5) is 23.8. The van der Waals surface area contributed by atoms with Crippen molar-refractivity contribution < 1.29 is 28.5 Å². The summed E-state index contributed by atoms with van der Waals surface area (Å²) in [5, 5.41) is 0. The fourth-order valence-corrected chi connectivity index (χ4v) is 2.37. The van der Waals surface area contributed by atoms with Gasteiger partial charge < -0.3 is 18.9 Å². The minimum Gasteiger partial charge on any atom is -0.419 e. The van der Waals surface area contributed by atoms with Crippen LogP contribution in [-0.2, 0) is 28.5 Å². The number of rotatable bonds is 2. The Kier molecular flexibility index (Phi) is 4.19. The lowest BCUT2D eigenvalue weighted by atomic mass is 10.1. The predicted octanol–water partition coefficient (Wildman–Crippen LogP) is 2.34. The number of ether oxygens (including phenoxy) is 4. The molecule has 0 bridgehead atoms. The first kappa shape index (κ1) is 15.7. The molecule has 0 radical (unpaired) electrons. The molecule has 0 saturated carbocycles. The van der Waals surface area contributed by atoms with Gasteiger partial charge in [0.15, 0.2) is 6.29 Å². The van der Waals surface area contributed by atoms with Crippen LogP contribution in [-0.4, -0.2) is 30.9 Å². The van der Waals surface area contributed by atoms with Gasteiger partial charge in [0.2, 0.25) is 0 Å². The second-order valence-electron chi connectivity index (χ2n) is 5.83. The van der Waals surface area contributed by atoms with E-state index < -0.39 is 17.7 Å². The van der Waals surface area contributed by atoms with Gasteiger partial charge in [0, 0.05) is 19.4 Å². The molecular weight excluding hydrogens is 300 g/mol. The van der Waals surface area contributed by atoms with Crippen molar-refractivity contribution in [2.45, 2.75) is 32.3 Å². The van der Waals surface area contributed by atoms with E-state index in [9.17, 15) is 9.59 Å². The van der Waals surface area contributed by atoms with Crippen LogP contribution in [0.1, 0.15) is 37.7 Å². The smallest absolute Gasteiger partial charge is 0.348 e. The van der Waals surface area contributed by atoms with Crippen molar-refractivity contribution in [2.24, 2.45) is 0 Å². The van der Waals surface area contributed by atoms with Crippen molar-refractivity contribution in [3.63, 3.8) is 0 Å². The van der Waals surface area contributed by atoms with Gasteiger partial charge in [0.25, 0.3) is 5.79 Å². The van der Waals surface area contributed by atoms with E-state index in [4.69, 9.17) is 18.9 Å². The maximum absolute atomic E-state index is 11.9. The van der Waals surface area contributed by atoms with E-state index in [0.29, 0.717) is 18.8 Å². The first-order chi connectivity index (χ1) is 10.9. The topological polar surface area (TPSA) is 71.1 Å². The zero-order chi connectivity index (χ0) is 16.4. The Hall–Kier alpha value is -2.18. The molecule has 23 heavy (non-hydrogen) atoms. The highest BCUT2D eigenvalue weighted by atomic mass is 16.7. The Morgan fingerprint density at radius 1 is 1.00 bits per heavy atom. The zero-order valence-electron chi connectivity index (χ0n) is 13.0. The molecular formula is C17H18O6. The Morgan fingerprint density at radius 2 is 1.57 bits per heavy atom. The van der Waals surface area contributed by atoms with Gasteiger partial charge in [-0.1, -0.05) is 24.3 Å². The first-order valence-corrected chi connectivity index (χ1v) is 7.46. The molecule has 2 fully saturated rings. The summed E-state index contributed by atoms with van der Waals surface area (Å²) in [6.07, 6.45) is 1.98. The highest BCUT2D eigenvalue weighted by Gasteiger charge is 2.38. The fraction of sp³-hybridized carbons (Fsp3) is 0.412. The predicted molar refractivity (Wildman–Crippen MR) is 79.9 cm³/mol. The molecule has 0 N–H and O–H groups in total. The van der Waals surface area contributed by atoms with Crippen LogP contribution in [0, 0.1) is 0 Å². The number of cyclic esters (lactones) is 2. The van der Waals surface area contributed by atoms with Crippen LogP contribution < -0.4 is 0 Å². The van der Waals surface area contributed by atoms with Crippen molar-refractivity contribution in [3.05, 3.63) is 41.0 Å². The molecule has 6 heteroatoms. The fourth-order valence-electron chi connectivity index (χ4n) is 2.37. The van der Waals surface area contributed by atoms with Gasteiger partial charge >= 0.3 is 11.9 Å². The summed E-state index contributed by atoms with van der Waals surface area (Å²) < 4.78 is 21.2. The van der Waals surface area contributed by atoms with Crippen LogP contribution in [0.2, 0.25) is 0 Å². The van der Waals surface area contributed by atoms with Crippen molar-refractivity contribution in [1.82, 2.24) is 0 Å². The summed E-state index contributed by atoms with van der Waals surface area (Å²) in [6.45, 7) is 4.37. The molecule has 0 amide bonds. The second-order valence-corrected chi connectivity index (χ2v) is 5.83. The Balaban J connectivity index is 1.77. The van der Waals surface area contributed by atoms with E-state index >= 15 is 0 Å². The lowest BCUT2D eigenvalue weighted by molar-refractivity contribution is -0.222. The van der Waals surface area contributed by atoms with E-state index in [1.54, 1.807) is 12.1 Å². The molecule has 122 valence electrons. The largest absolute Gasteiger partial charge is 0.419 e. The molecule has 0 unspecified atom stereocenters. The molecule has 1 aromatic rings. The van der Waals surface area contributed by atoms with Gasteiger partial charge in [-0.05, 0) is 18.1 Å². The molecule has 6 nitrogen and oxygen atoms in total. The Morgan fingerprint density at radius 3 is 2.13 bits per heavy atom. The minimum absolute atomic E-state index is 0.123. The van der Waals surface area contributed by atoms with Crippen LogP contribution >= 0.6 is 0 Å². The van der Waals surface area contributed by atoms with Gasteiger partial charge in [-0.15, -0.1) is 0 Å². The maximum Gasteiger partial charge on any atom is 0.348 e. The van der Waals surface area contributed by atoms with E-state index in [1.165, 1.54) is 19.9 Å². The highest BCUT2D eigenvalue weighted by molar-refractivity contribution is 6.18. The number of carbonyl (C=O) groups is 2. The van der Waals surface area contributed by atoms with E-state index in [-0.39, 0.29) is 11.9 Å². The summed E-state index contributed by atoms with van der Waals surface area (Å²) in [5.41, 5.74) is 1.46. The average Bonchev–Trinajstić information content (AvgIpc) is 2.51. The van der Waals surface area contributed by atoms with Crippen LogP contribution in [0.25, 0.3) is 6.08 Å². The number of esters is 2. The van der Waals surface area contributed by atoms with Gasteiger partial charge in [0.05, 0.1) is 13.2 Å². The SMILES string of the molecule is CC1(C)OC(=O)C(=Cc2ccc(C3OCCCO3)cc2)C(=O)O1. The number of benzene rings is 1. The van der Waals surface area contributed by atoms with Crippen LogP contribution in [0.5, 0.6) is 0 Å². The molecule has 2 aliphatic rings. The zero-order valence-corrected chi connectivity index (χ0v) is 13.0. The normalized spacial score (nSPS) is 21.6. The van der Waals surface area contributed by atoms with E-state index in [1.807, 2.05) is 12.1 Å². The molecule has 0 spiro atoms. The molecule has 0 atom stereocenters. The summed E-state index contributed by atoms with van der Waals surface area (Å²) in [7, 11) is 0. The monoisotopic (exact) mass is 318 g/mol. The minimum atomic E-state index is -1.23. The molecule has 2 heterocycles. The highest BCUT2D eigenvalue weighted by Crippen LogP contribution is 2.26.